The number of aromatic nitrogens is 1. The van der Waals surface area contributed by atoms with Crippen molar-refractivity contribution in [3.05, 3.63) is 59.2 Å². The highest BCUT2D eigenvalue weighted by Crippen LogP contribution is 2.30. The Bertz CT molecular complexity index is 1070. The summed E-state index contributed by atoms with van der Waals surface area (Å²) < 4.78 is 10.8. The third kappa shape index (κ3) is 3.54. The van der Waals surface area contributed by atoms with Crippen molar-refractivity contribution < 1.29 is 14.3 Å². The van der Waals surface area contributed by atoms with Crippen LogP contribution in [0.15, 0.2) is 42.5 Å². The molecule has 0 saturated carbocycles. The predicted octanol–water partition coefficient (Wildman–Crippen LogP) is 3.83. The number of hydrogen-bond acceptors (Lipinski definition) is 5. The molecule has 0 spiro atoms. The predicted molar refractivity (Wildman–Crippen MR) is 119 cm³/mol. The number of amides is 1. The summed E-state index contributed by atoms with van der Waals surface area (Å²) in [6.45, 7) is 6.91. The van der Waals surface area contributed by atoms with Crippen LogP contribution in [0.1, 0.15) is 21.5 Å². The Morgan fingerprint density at radius 1 is 0.900 bits per heavy atom. The van der Waals surface area contributed by atoms with Crippen LogP contribution in [0.2, 0.25) is 0 Å². The number of hydrogen-bond donors (Lipinski definition) is 0. The Kier molecular flexibility index (Phi) is 5.48. The van der Waals surface area contributed by atoms with Crippen LogP contribution in [0.25, 0.3) is 10.9 Å². The van der Waals surface area contributed by atoms with Crippen LogP contribution in [-0.4, -0.2) is 56.2 Å². The molecule has 3 aromatic rings. The number of carbonyl (C=O) groups excluding carboxylic acids is 1. The minimum absolute atomic E-state index is 0.0672. The maximum atomic E-state index is 13.2. The van der Waals surface area contributed by atoms with Gasteiger partial charge in [0.2, 0.25) is 0 Å². The lowest BCUT2D eigenvalue weighted by molar-refractivity contribution is 0.0739. The van der Waals surface area contributed by atoms with Crippen LogP contribution >= 0.6 is 0 Å². The Hall–Kier alpha value is -3.28. The monoisotopic (exact) mass is 405 g/mol. The van der Waals surface area contributed by atoms with E-state index < -0.39 is 0 Å². The van der Waals surface area contributed by atoms with Crippen molar-refractivity contribution in [2.45, 2.75) is 13.8 Å². The van der Waals surface area contributed by atoms with Crippen LogP contribution < -0.4 is 14.4 Å². The van der Waals surface area contributed by atoms with Gasteiger partial charge >= 0.3 is 0 Å². The van der Waals surface area contributed by atoms with E-state index in [-0.39, 0.29) is 5.91 Å². The molecule has 2 aromatic carbocycles. The molecule has 1 amide bonds. The second-order valence-corrected chi connectivity index (χ2v) is 7.59. The van der Waals surface area contributed by atoms with Gasteiger partial charge in [-0.2, -0.15) is 0 Å². The average molecular weight is 405 g/mol. The van der Waals surface area contributed by atoms with Gasteiger partial charge in [-0.25, -0.2) is 4.98 Å². The fourth-order valence-electron chi connectivity index (χ4n) is 4.06. The SMILES string of the molecule is COc1cccc(OC)c1C(=O)N1CCN(c2cc(C)c3cccc(C)c3n2)CC1. The van der Waals surface area contributed by atoms with Gasteiger partial charge in [-0.3, -0.25) is 4.79 Å². The first kappa shape index (κ1) is 20.0. The zero-order valence-corrected chi connectivity index (χ0v) is 17.9. The van der Waals surface area contributed by atoms with E-state index in [0.717, 1.165) is 24.4 Å². The van der Waals surface area contributed by atoms with E-state index in [1.54, 1.807) is 26.4 Å². The number of piperazine rings is 1. The molecule has 0 radical (unpaired) electrons. The zero-order chi connectivity index (χ0) is 21.3. The fraction of sp³-hybridized carbons (Fsp3) is 0.333. The summed E-state index contributed by atoms with van der Waals surface area (Å²) in [5.74, 6) is 1.96. The molecule has 1 aliphatic rings. The van der Waals surface area contributed by atoms with Gasteiger partial charge in [-0.05, 0) is 43.2 Å². The van der Waals surface area contributed by atoms with E-state index in [0.29, 0.717) is 30.2 Å². The first-order valence-corrected chi connectivity index (χ1v) is 10.2. The lowest BCUT2D eigenvalue weighted by atomic mass is 10.1. The van der Waals surface area contributed by atoms with Crippen LogP contribution in [0, 0.1) is 13.8 Å². The summed E-state index contributed by atoms with van der Waals surface area (Å²) >= 11 is 0. The molecule has 1 saturated heterocycles. The van der Waals surface area contributed by atoms with Gasteiger partial charge in [0.25, 0.3) is 5.91 Å². The van der Waals surface area contributed by atoms with E-state index in [9.17, 15) is 4.79 Å². The molecule has 4 rings (SSSR count). The van der Waals surface area contributed by atoms with Gasteiger partial charge < -0.3 is 19.3 Å². The van der Waals surface area contributed by atoms with Gasteiger partial charge in [0, 0.05) is 31.6 Å². The van der Waals surface area contributed by atoms with Crippen LogP contribution in [0.5, 0.6) is 11.5 Å². The molecule has 1 aromatic heterocycles. The van der Waals surface area contributed by atoms with E-state index in [1.165, 1.54) is 16.5 Å². The molecule has 1 fully saturated rings. The quantitative estimate of drug-likeness (QED) is 0.660. The molecule has 0 atom stereocenters. The second kappa shape index (κ2) is 8.22. The van der Waals surface area contributed by atoms with Gasteiger partial charge in [0.05, 0.1) is 19.7 Å². The highest BCUT2D eigenvalue weighted by Gasteiger charge is 2.27. The molecule has 2 heterocycles. The molecular weight excluding hydrogens is 378 g/mol. The number of para-hydroxylation sites is 1. The Morgan fingerprint density at radius 2 is 1.53 bits per heavy atom. The van der Waals surface area contributed by atoms with Crippen molar-refractivity contribution in [1.82, 2.24) is 9.88 Å². The van der Waals surface area contributed by atoms with Crippen molar-refractivity contribution in [3.8, 4) is 11.5 Å². The summed E-state index contributed by atoms with van der Waals surface area (Å²) in [5, 5.41) is 1.19. The molecule has 0 N–H and O–H groups in total. The molecule has 0 unspecified atom stereocenters. The van der Waals surface area contributed by atoms with Crippen molar-refractivity contribution in [1.29, 1.82) is 0 Å². The van der Waals surface area contributed by atoms with Crippen molar-refractivity contribution >= 4 is 22.6 Å². The van der Waals surface area contributed by atoms with Gasteiger partial charge in [-0.1, -0.05) is 24.3 Å². The average Bonchev–Trinajstić information content (AvgIpc) is 2.78. The Morgan fingerprint density at radius 3 is 2.17 bits per heavy atom. The van der Waals surface area contributed by atoms with Crippen molar-refractivity contribution in [2.75, 3.05) is 45.3 Å². The molecule has 6 nitrogen and oxygen atoms in total. The summed E-state index contributed by atoms with van der Waals surface area (Å²) in [7, 11) is 3.14. The van der Waals surface area contributed by atoms with Gasteiger partial charge in [0.15, 0.2) is 0 Å². The summed E-state index contributed by atoms with van der Waals surface area (Å²) in [5.41, 5.74) is 3.92. The molecule has 156 valence electrons. The Balaban J connectivity index is 1.54. The lowest BCUT2D eigenvalue weighted by Gasteiger charge is -2.36. The van der Waals surface area contributed by atoms with Gasteiger partial charge in [-0.15, -0.1) is 0 Å². The first-order chi connectivity index (χ1) is 14.5. The summed E-state index contributed by atoms with van der Waals surface area (Å²) in [4.78, 5) is 22.2. The molecule has 0 aliphatic carbocycles. The largest absolute Gasteiger partial charge is 0.496 e. The number of ether oxygens (including phenoxy) is 2. The number of pyridine rings is 1. The van der Waals surface area contributed by atoms with Crippen LogP contribution in [0.3, 0.4) is 0 Å². The maximum absolute atomic E-state index is 13.2. The number of aryl methyl sites for hydroxylation is 2. The van der Waals surface area contributed by atoms with E-state index in [1.807, 2.05) is 11.0 Å². The summed E-state index contributed by atoms with van der Waals surface area (Å²) in [6.07, 6.45) is 0. The second-order valence-electron chi connectivity index (χ2n) is 7.59. The number of methoxy groups -OCH3 is 2. The standard InChI is InChI=1S/C24H27N3O3/c1-16-7-5-8-18-17(2)15-21(25-23(16)18)26-11-13-27(14-12-26)24(28)22-19(29-3)9-6-10-20(22)30-4/h5-10,15H,11-14H2,1-4H3. The topological polar surface area (TPSA) is 54.9 Å². The van der Waals surface area contributed by atoms with Crippen LogP contribution in [-0.2, 0) is 0 Å². The van der Waals surface area contributed by atoms with Gasteiger partial charge in [0.1, 0.15) is 22.9 Å². The van der Waals surface area contributed by atoms with E-state index >= 15 is 0 Å². The molecule has 6 heteroatoms. The smallest absolute Gasteiger partial charge is 0.261 e. The highest BCUT2D eigenvalue weighted by molar-refractivity contribution is 6.00. The van der Waals surface area contributed by atoms with Crippen molar-refractivity contribution in [2.24, 2.45) is 0 Å². The molecule has 0 bridgehead atoms. The number of anilines is 1. The lowest BCUT2D eigenvalue weighted by Crippen LogP contribution is -2.49. The number of nitrogens with zero attached hydrogens (tertiary/aromatic N) is 3. The van der Waals surface area contributed by atoms with Crippen molar-refractivity contribution in [3.63, 3.8) is 0 Å². The Labute approximate surface area is 177 Å². The number of benzene rings is 2. The number of carbonyl (C=O) groups is 1. The molecular formula is C24H27N3O3. The minimum Gasteiger partial charge on any atom is -0.496 e. The molecule has 30 heavy (non-hydrogen) atoms. The van der Waals surface area contributed by atoms with Crippen LogP contribution in [0.4, 0.5) is 5.82 Å². The highest BCUT2D eigenvalue weighted by atomic mass is 16.5. The maximum Gasteiger partial charge on any atom is 0.261 e. The van der Waals surface area contributed by atoms with E-state index in [2.05, 4.69) is 43.0 Å². The minimum atomic E-state index is -0.0672. The summed E-state index contributed by atoms with van der Waals surface area (Å²) in [6, 6.07) is 13.8. The number of rotatable bonds is 4. The first-order valence-electron chi connectivity index (χ1n) is 10.2. The molecule has 1 aliphatic heterocycles. The third-order valence-electron chi connectivity index (χ3n) is 5.77. The fourth-order valence-corrected chi connectivity index (χ4v) is 4.06. The number of fused-ring (bicyclic) bond motifs is 1. The normalized spacial score (nSPS) is 14.1. The third-order valence-corrected chi connectivity index (χ3v) is 5.77. The zero-order valence-electron chi connectivity index (χ0n) is 17.9. The van der Waals surface area contributed by atoms with E-state index in [4.69, 9.17) is 14.5 Å².